The van der Waals surface area contributed by atoms with Gasteiger partial charge in [-0.2, -0.15) is 0 Å². The van der Waals surface area contributed by atoms with Crippen LogP contribution in [-0.4, -0.2) is 39.9 Å². The van der Waals surface area contributed by atoms with E-state index >= 15 is 0 Å². The minimum Gasteiger partial charge on any atom is -0.366 e. The Balaban J connectivity index is 0.000000471. The molecule has 0 radical (unpaired) electrons. The summed E-state index contributed by atoms with van der Waals surface area (Å²) in [6.45, 7) is 4.53. The zero-order chi connectivity index (χ0) is 23.8. The quantitative estimate of drug-likeness (QED) is 0.326. The van der Waals surface area contributed by atoms with E-state index in [9.17, 15) is 4.39 Å². The second kappa shape index (κ2) is 9.37. The lowest BCUT2D eigenvalue weighted by molar-refractivity contribution is -0.127. The van der Waals surface area contributed by atoms with Crippen LogP contribution in [-0.2, 0) is 6.42 Å². The number of aryl methyl sites for hydroxylation is 2. The number of aromatic nitrogens is 5. The Labute approximate surface area is 196 Å². The molecule has 0 bridgehead atoms. The highest BCUT2D eigenvalue weighted by Crippen LogP contribution is 2.39. The van der Waals surface area contributed by atoms with Crippen LogP contribution in [0.2, 0.25) is 5.15 Å². The molecule has 0 aromatic carbocycles. The highest BCUT2D eigenvalue weighted by Gasteiger charge is 2.27. The van der Waals surface area contributed by atoms with E-state index < -0.39 is 5.79 Å². The van der Waals surface area contributed by atoms with Crippen molar-refractivity contribution in [2.75, 3.05) is 0 Å². The van der Waals surface area contributed by atoms with Crippen molar-refractivity contribution in [1.82, 2.24) is 23.9 Å². The zero-order valence-electron chi connectivity index (χ0n) is 19.0. The van der Waals surface area contributed by atoms with E-state index in [1.165, 1.54) is 20.2 Å². The topological polar surface area (TPSA) is 88.5 Å². The van der Waals surface area contributed by atoms with E-state index in [1.807, 2.05) is 19.1 Å². The summed E-state index contributed by atoms with van der Waals surface area (Å²) in [4.78, 5) is 12.8. The number of nitrogens with zero attached hydrogens (tertiary/aromatic N) is 5. The molecule has 1 aliphatic carbocycles. The third-order valence-electron chi connectivity index (χ3n) is 6.05. The molecule has 7 nitrogen and oxygen atoms in total. The first-order valence-electron chi connectivity index (χ1n) is 11.1. The van der Waals surface area contributed by atoms with Gasteiger partial charge in [-0.05, 0) is 76.5 Å². The summed E-state index contributed by atoms with van der Waals surface area (Å²) < 4.78 is 18.5. The molecule has 5 rings (SSSR count). The molecule has 0 spiro atoms. The SMILES string of the molecule is CC(C)(O)O.Cc1cnc2cc(CCC3CCC(n4ccc5c(Cl)ncnc54)C3)c(F)cn12. The summed E-state index contributed by atoms with van der Waals surface area (Å²) in [7, 11) is 0. The number of halogens is 2. The van der Waals surface area contributed by atoms with Gasteiger partial charge in [-0.3, -0.25) is 0 Å². The molecule has 2 atom stereocenters. The first-order chi connectivity index (χ1) is 15.6. The molecular formula is C24H29ClFN5O2. The van der Waals surface area contributed by atoms with Crippen LogP contribution in [0.5, 0.6) is 0 Å². The second-order valence-electron chi connectivity index (χ2n) is 9.27. The van der Waals surface area contributed by atoms with Gasteiger partial charge < -0.3 is 19.2 Å². The lowest BCUT2D eigenvalue weighted by Crippen LogP contribution is -2.15. The number of imidazole rings is 1. The lowest BCUT2D eigenvalue weighted by Gasteiger charge is -2.14. The number of fused-ring (bicyclic) bond motifs is 2. The molecule has 4 aromatic heterocycles. The maximum atomic E-state index is 14.5. The van der Waals surface area contributed by atoms with Crippen LogP contribution in [0.4, 0.5) is 4.39 Å². The van der Waals surface area contributed by atoms with Gasteiger partial charge in [-0.25, -0.2) is 19.3 Å². The third kappa shape index (κ3) is 5.51. The van der Waals surface area contributed by atoms with Gasteiger partial charge >= 0.3 is 0 Å². The van der Waals surface area contributed by atoms with Crippen LogP contribution >= 0.6 is 11.6 Å². The van der Waals surface area contributed by atoms with Crippen molar-refractivity contribution < 1.29 is 14.6 Å². The van der Waals surface area contributed by atoms with Gasteiger partial charge in [0.2, 0.25) is 0 Å². The van der Waals surface area contributed by atoms with Crippen LogP contribution in [0.1, 0.15) is 56.8 Å². The molecular weight excluding hydrogens is 445 g/mol. The van der Waals surface area contributed by atoms with Crippen molar-refractivity contribution in [3.63, 3.8) is 0 Å². The fraction of sp³-hybridized carbons (Fsp3) is 0.458. The number of pyridine rings is 1. The van der Waals surface area contributed by atoms with Gasteiger partial charge in [0.1, 0.15) is 28.6 Å². The van der Waals surface area contributed by atoms with E-state index in [1.54, 1.807) is 16.8 Å². The Hall–Kier alpha value is -2.55. The first kappa shape index (κ1) is 23.6. The number of hydrogen-bond acceptors (Lipinski definition) is 5. The summed E-state index contributed by atoms with van der Waals surface area (Å²) in [5, 5.41) is 17.6. The first-order valence-corrected chi connectivity index (χ1v) is 11.5. The van der Waals surface area contributed by atoms with Gasteiger partial charge in [-0.1, -0.05) is 11.6 Å². The molecule has 2 N–H and O–H groups in total. The minimum absolute atomic E-state index is 0.147. The third-order valence-corrected chi connectivity index (χ3v) is 6.35. The van der Waals surface area contributed by atoms with Gasteiger partial charge in [0.25, 0.3) is 0 Å². The van der Waals surface area contributed by atoms with E-state index in [0.717, 1.165) is 60.0 Å². The van der Waals surface area contributed by atoms with E-state index in [4.69, 9.17) is 21.8 Å². The Morgan fingerprint density at radius 3 is 2.73 bits per heavy atom. The average Bonchev–Trinajstić information content (AvgIpc) is 3.45. The van der Waals surface area contributed by atoms with E-state index in [2.05, 4.69) is 25.7 Å². The van der Waals surface area contributed by atoms with Crippen molar-refractivity contribution in [1.29, 1.82) is 0 Å². The Kier molecular flexibility index (Phi) is 6.70. The van der Waals surface area contributed by atoms with E-state index in [0.29, 0.717) is 17.1 Å². The van der Waals surface area contributed by atoms with Gasteiger partial charge in [-0.15, -0.1) is 0 Å². The van der Waals surface area contributed by atoms with Crippen LogP contribution in [0.15, 0.2) is 37.1 Å². The van der Waals surface area contributed by atoms with Crippen LogP contribution in [0.25, 0.3) is 16.7 Å². The number of aliphatic hydroxyl groups is 2. The fourth-order valence-electron chi connectivity index (χ4n) is 4.51. The molecule has 0 saturated heterocycles. The van der Waals surface area contributed by atoms with Gasteiger partial charge in [0.05, 0.1) is 5.39 Å². The molecule has 1 aliphatic rings. The molecule has 33 heavy (non-hydrogen) atoms. The van der Waals surface area contributed by atoms with Crippen molar-refractivity contribution in [2.24, 2.45) is 5.92 Å². The second-order valence-corrected chi connectivity index (χ2v) is 9.62. The number of hydrogen-bond donors (Lipinski definition) is 2. The number of rotatable bonds is 4. The molecule has 1 fully saturated rings. The average molecular weight is 474 g/mol. The van der Waals surface area contributed by atoms with E-state index in [-0.39, 0.29) is 5.82 Å². The molecule has 176 valence electrons. The van der Waals surface area contributed by atoms with Crippen molar-refractivity contribution in [3.8, 4) is 0 Å². The summed E-state index contributed by atoms with van der Waals surface area (Å²) >= 11 is 6.17. The van der Waals surface area contributed by atoms with Crippen LogP contribution in [0.3, 0.4) is 0 Å². The normalized spacial score (nSPS) is 18.6. The molecule has 9 heteroatoms. The summed E-state index contributed by atoms with van der Waals surface area (Å²) in [6.07, 6.45) is 12.0. The van der Waals surface area contributed by atoms with Crippen molar-refractivity contribution in [2.45, 2.75) is 64.7 Å². The monoisotopic (exact) mass is 473 g/mol. The molecule has 4 heterocycles. The van der Waals surface area contributed by atoms with Crippen LogP contribution < -0.4 is 0 Å². The Morgan fingerprint density at radius 2 is 1.97 bits per heavy atom. The smallest absolute Gasteiger partial charge is 0.156 e. The Morgan fingerprint density at radius 1 is 1.21 bits per heavy atom. The predicted molar refractivity (Wildman–Crippen MR) is 126 cm³/mol. The zero-order valence-corrected chi connectivity index (χ0v) is 19.8. The predicted octanol–water partition coefficient (Wildman–Crippen LogP) is 4.86. The molecule has 0 amide bonds. The lowest BCUT2D eigenvalue weighted by atomic mass is 9.98. The molecule has 4 aromatic rings. The standard InChI is InChI=1S/C21H21ClFN5.C3H8O2/c1-13-10-24-19-9-15(18(23)11-28(13)19)4-2-14-3-5-16(8-14)27-7-6-17-20(22)25-12-26-21(17)27;1-3(2,4)5/h6-7,9-12,14,16H,2-5,8H2,1H3;4-5H,1-2H3. The highest BCUT2D eigenvalue weighted by atomic mass is 35.5. The van der Waals surface area contributed by atoms with Crippen LogP contribution in [0, 0.1) is 18.7 Å². The van der Waals surface area contributed by atoms with Crippen molar-refractivity contribution >= 4 is 28.3 Å². The maximum absolute atomic E-state index is 14.5. The molecule has 0 aliphatic heterocycles. The summed E-state index contributed by atoms with van der Waals surface area (Å²) in [6, 6.07) is 4.28. The summed E-state index contributed by atoms with van der Waals surface area (Å²) in [5.41, 5.74) is 3.42. The summed E-state index contributed by atoms with van der Waals surface area (Å²) in [5.74, 6) is -1.07. The maximum Gasteiger partial charge on any atom is 0.156 e. The molecule has 1 saturated carbocycles. The highest BCUT2D eigenvalue weighted by molar-refractivity contribution is 6.33. The van der Waals surface area contributed by atoms with Crippen molar-refractivity contribution in [3.05, 3.63) is 59.3 Å². The van der Waals surface area contributed by atoms with Gasteiger partial charge in [0, 0.05) is 30.3 Å². The Bertz CT molecular complexity index is 1260. The molecule has 2 unspecified atom stereocenters. The largest absolute Gasteiger partial charge is 0.366 e. The van der Waals surface area contributed by atoms with Gasteiger partial charge in [0.15, 0.2) is 5.79 Å². The minimum atomic E-state index is -1.50. The fourth-order valence-corrected chi connectivity index (χ4v) is 4.70.